The second kappa shape index (κ2) is 5.50. The molecule has 0 aliphatic carbocycles. The molecule has 0 bridgehead atoms. The summed E-state index contributed by atoms with van der Waals surface area (Å²) in [6, 6.07) is 9.18. The number of halogens is 1. The molecule has 0 saturated carbocycles. The maximum Gasteiger partial charge on any atom is 0.292 e. The number of aliphatic imine (C=N–C) groups is 1. The third kappa shape index (κ3) is 2.75. The highest BCUT2D eigenvalue weighted by atomic mass is 32.2. The number of amides is 1. The zero-order valence-electron chi connectivity index (χ0n) is 10.4. The average Bonchev–Trinajstić information content (AvgIpc) is 3.10. The number of thioether (sulfide) groups is 1. The Labute approximate surface area is 119 Å². The minimum Gasteiger partial charge on any atom is -0.451 e. The van der Waals surface area contributed by atoms with Crippen molar-refractivity contribution in [3.05, 3.63) is 48.0 Å². The number of carbonyl (C=O) groups is 1. The lowest BCUT2D eigenvalue weighted by atomic mass is 10.2. The van der Waals surface area contributed by atoms with E-state index in [1.165, 1.54) is 23.9 Å². The lowest BCUT2D eigenvalue weighted by molar-refractivity contribution is 0.0952. The highest BCUT2D eigenvalue weighted by Crippen LogP contribution is 2.22. The first-order chi connectivity index (χ1) is 9.72. The van der Waals surface area contributed by atoms with Gasteiger partial charge in [0, 0.05) is 11.3 Å². The summed E-state index contributed by atoms with van der Waals surface area (Å²) in [6.07, 6.45) is 0. The first-order valence-corrected chi connectivity index (χ1v) is 7.05. The Bertz CT molecular complexity index is 664. The van der Waals surface area contributed by atoms with Crippen LogP contribution in [0.4, 0.5) is 4.39 Å². The fraction of sp³-hybridized carbons (Fsp3) is 0.143. The van der Waals surface area contributed by atoms with Gasteiger partial charge in [0.1, 0.15) is 11.6 Å². The van der Waals surface area contributed by atoms with E-state index in [-0.39, 0.29) is 17.5 Å². The van der Waals surface area contributed by atoms with Gasteiger partial charge in [-0.3, -0.25) is 15.1 Å². The molecule has 20 heavy (non-hydrogen) atoms. The van der Waals surface area contributed by atoms with Crippen LogP contribution >= 0.6 is 11.8 Å². The minimum absolute atomic E-state index is 0.208. The van der Waals surface area contributed by atoms with Gasteiger partial charge in [0.25, 0.3) is 5.91 Å². The minimum atomic E-state index is -0.327. The predicted molar refractivity (Wildman–Crippen MR) is 76.3 cm³/mol. The summed E-state index contributed by atoms with van der Waals surface area (Å²) in [4.78, 5) is 16.1. The fourth-order valence-corrected chi connectivity index (χ4v) is 2.52. The third-order valence-electron chi connectivity index (χ3n) is 2.76. The topological polar surface area (TPSA) is 54.6 Å². The van der Waals surface area contributed by atoms with Crippen LogP contribution in [0.3, 0.4) is 0 Å². The van der Waals surface area contributed by atoms with Crippen molar-refractivity contribution in [2.75, 3.05) is 12.3 Å². The van der Waals surface area contributed by atoms with Crippen molar-refractivity contribution in [2.45, 2.75) is 0 Å². The zero-order valence-corrected chi connectivity index (χ0v) is 11.2. The molecule has 4 nitrogen and oxygen atoms in total. The number of nitrogens with one attached hydrogen (secondary N) is 1. The van der Waals surface area contributed by atoms with Gasteiger partial charge in [-0.2, -0.15) is 0 Å². The summed E-state index contributed by atoms with van der Waals surface area (Å²) in [5, 5.41) is 3.31. The van der Waals surface area contributed by atoms with Crippen LogP contribution in [0.15, 0.2) is 45.8 Å². The standard InChI is InChI=1S/C14H11FN2O2S/c15-10-3-1-9(2-4-10)11-5-6-12(19-11)13(18)17-14-16-7-8-20-14/h1-6H,7-8H2,(H,16,17,18). The van der Waals surface area contributed by atoms with Crippen LogP contribution in [-0.4, -0.2) is 23.4 Å². The Balaban J connectivity index is 1.76. The van der Waals surface area contributed by atoms with Crippen LogP contribution in [0.2, 0.25) is 0 Å². The molecule has 0 unspecified atom stereocenters. The quantitative estimate of drug-likeness (QED) is 0.925. The molecule has 0 fully saturated rings. The molecule has 0 atom stereocenters. The van der Waals surface area contributed by atoms with Crippen molar-refractivity contribution in [1.82, 2.24) is 5.32 Å². The number of amidine groups is 1. The summed E-state index contributed by atoms with van der Waals surface area (Å²) in [6.45, 7) is 0.721. The van der Waals surface area contributed by atoms with Gasteiger partial charge < -0.3 is 4.42 Å². The first-order valence-electron chi connectivity index (χ1n) is 6.07. The number of carbonyl (C=O) groups excluding carboxylic acids is 1. The van der Waals surface area contributed by atoms with Gasteiger partial charge in [-0.25, -0.2) is 4.39 Å². The van der Waals surface area contributed by atoms with Gasteiger partial charge in [0.05, 0.1) is 6.54 Å². The monoisotopic (exact) mass is 290 g/mol. The van der Waals surface area contributed by atoms with Gasteiger partial charge in [-0.1, -0.05) is 11.8 Å². The molecule has 0 saturated heterocycles. The van der Waals surface area contributed by atoms with Crippen molar-refractivity contribution in [3.63, 3.8) is 0 Å². The predicted octanol–water partition coefficient (Wildman–Crippen LogP) is 2.92. The Kier molecular flexibility index (Phi) is 3.56. The second-order valence-electron chi connectivity index (χ2n) is 4.16. The van der Waals surface area contributed by atoms with Crippen molar-refractivity contribution in [3.8, 4) is 11.3 Å². The molecule has 2 heterocycles. The molecule has 102 valence electrons. The average molecular weight is 290 g/mol. The van der Waals surface area contributed by atoms with E-state index in [0.29, 0.717) is 10.9 Å². The molecule has 6 heteroatoms. The first kappa shape index (κ1) is 12.9. The summed E-state index contributed by atoms with van der Waals surface area (Å²) in [7, 11) is 0. The van der Waals surface area contributed by atoms with Crippen molar-refractivity contribution in [2.24, 2.45) is 4.99 Å². The normalized spacial score (nSPS) is 14.2. The smallest absolute Gasteiger partial charge is 0.292 e. The molecule has 0 radical (unpaired) electrons. The van der Waals surface area contributed by atoms with Crippen molar-refractivity contribution in [1.29, 1.82) is 0 Å². The largest absolute Gasteiger partial charge is 0.451 e. The second-order valence-corrected chi connectivity index (χ2v) is 5.24. The molecule has 0 spiro atoms. The summed E-state index contributed by atoms with van der Waals surface area (Å²) >= 11 is 1.50. The Morgan fingerprint density at radius 1 is 1.25 bits per heavy atom. The molecular weight excluding hydrogens is 279 g/mol. The Morgan fingerprint density at radius 2 is 2.05 bits per heavy atom. The number of rotatable bonds is 2. The van der Waals surface area contributed by atoms with E-state index in [0.717, 1.165) is 17.9 Å². The highest BCUT2D eigenvalue weighted by Gasteiger charge is 2.16. The van der Waals surface area contributed by atoms with E-state index in [1.807, 2.05) is 0 Å². The number of furan rings is 1. The number of hydrogen-bond acceptors (Lipinski definition) is 4. The Morgan fingerprint density at radius 3 is 2.75 bits per heavy atom. The van der Waals surface area contributed by atoms with E-state index in [4.69, 9.17) is 4.42 Å². The molecular formula is C14H11FN2O2S. The van der Waals surface area contributed by atoms with Crippen molar-refractivity contribution < 1.29 is 13.6 Å². The zero-order chi connectivity index (χ0) is 13.9. The third-order valence-corrected chi connectivity index (χ3v) is 3.66. The molecule has 3 rings (SSSR count). The van der Waals surface area contributed by atoms with Gasteiger partial charge in [-0.05, 0) is 36.4 Å². The van der Waals surface area contributed by atoms with Gasteiger partial charge in [-0.15, -0.1) is 0 Å². The van der Waals surface area contributed by atoms with Crippen LogP contribution in [0.5, 0.6) is 0 Å². The number of hydrogen-bond donors (Lipinski definition) is 1. The molecule has 2 aromatic rings. The summed E-state index contributed by atoms with van der Waals surface area (Å²) in [5.41, 5.74) is 0.720. The maximum absolute atomic E-state index is 12.9. The molecule has 1 N–H and O–H groups in total. The molecule has 1 amide bonds. The van der Waals surface area contributed by atoms with E-state index < -0.39 is 0 Å². The van der Waals surface area contributed by atoms with Gasteiger partial charge in [0.15, 0.2) is 10.9 Å². The highest BCUT2D eigenvalue weighted by molar-refractivity contribution is 8.14. The maximum atomic E-state index is 12.9. The van der Waals surface area contributed by atoms with Crippen LogP contribution in [0.25, 0.3) is 11.3 Å². The number of benzene rings is 1. The van der Waals surface area contributed by atoms with E-state index in [9.17, 15) is 9.18 Å². The van der Waals surface area contributed by atoms with Gasteiger partial charge >= 0.3 is 0 Å². The van der Waals surface area contributed by atoms with Crippen LogP contribution < -0.4 is 5.32 Å². The van der Waals surface area contributed by atoms with Gasteiger partial charge in [0.2, 0.25) is 0 Å². The van der Waals surface area contributed by atoms with E-state index in [2.05, 4.69) is 10.3 Å². The lowest BCUT2D eigenvalue weighted by Crippen LogP contribution is -2.26. The van der Waals surface area contributed by atoms with Crippen molar-refractivity contribution >= 4 is 22.8 Å². The van der Waals surface area contributed by atoms with E-state index >= 15 is 0 Å². The van der Waals surface area contributed by atoms with Crippen LogP contribution in [-0.2, 0) is 0 Å². The molecule has 1 aromatic carbocycles. The molecule has 1 aromatic heterocycles. The fourth-order valence-electron chi connectivity index (χ4n) is 1.80. The molecule has 1 aliphatic rings. The lowest BCUT2D eigenvalue weighted by Gasteiger charge is -2.01. The number of nitrogens with zero attached hydrogens (tertiary/aromatic N) is 1. The SMILES string of the molecule is O=C(NC1=NCCS1)c1ccc(-c2ccc(F)cc2)o1. The Hall–Kier alpha value is -2.08. The van der Waals surface area contributed by atoms with Crippen LogP contribution in [0, 0.1) is 5.82 Å². The van der Waals surface area contributed by atoms with E-state index in [1.54, 1.807) is 24.3 Å². The van der Waals surface area contributed by atoms with Crippen LogP contribution in [0.1, 0.15) is 10.6 Å². The summed E-state index contributed by atoms with van der Waals surface area (Å²) in [5.74, 6) is 0.978. The summed E-state index contributed by atoms with van der Waals surface area (Å²) < 4.78 is 18.3. The molecule has 1 aliphatic heterocycles.